The minimum Gasteiger partial charge on any atom is -0.493 e. The zero-order chi connectivity index (χ0) is 26.9. The van der Waals surface area contributed by atoms with E-state index in [1.54, 1.807) is 35.9 Å². The van der Waals surface area contributed by atoms with Gasteiger partial charge in [-0.2, -0.15) is 0 Å². The summed E-state index contributed by atoms with van der Waals surface area (Å²) in [6.07, 6.45) is 0. The van der Waals surface area contributed by atoms with Crippen LogP contribution >= 0.6 is 0 Å². The number of fused-ring (bicyclic) bond motifs is 3. The van der Waals surface area contributed by atoms with Crippen molar-refractivity contribution in [1.82, 2.24) is 19.4 Å². The fraction of sp³-hybridized carbons (Fsp3) is 0.345. The number of Topliss-reactive ketones (excluding diaryl/α,β-unsaturated/α-hetero) is 1. The van der Waals surface area contributed by atoms with Crippen molar-refractivity contribution < 1.29 is 14.3 Å². The number of ether oxygens (including phenoxy) is 1. The van der Waals surface area contributed by atoms with Crippen molar-refractivity contribution >= 4 is 33.5 Å². The number of aryl methyl sites for hydroxylation is 1. The molecule has 0 spiro atoms. The lowest BCUT2D eigenvalue weighted by Gasteiger charge is -2.28. The average molecular weight is 503 g/mol. The molecule has 0 saturated carbocycles. The molecule has 2 aromatic carbocycles. The molecular weight excluding hydrogens is 468 g/mol. The van der Waals surface area contributed by atoms with Gasteiger partial charge in [-0.05, 0) is 25.6 Å². The van der Waals surface area contributed by atoms with Crippen LogP contribution in [0.4, 0.5) is 0 Å². The van der Waals surface area contributed by atoms with Gasteiger partial charge < -0.3 is 19.5 Å². The molecule has 0 saturated heterocycles. The van der Waals surface area contributed by atoms with Crippen molar-refractivity contribution in [1.29, 1.82) is 0 Å². The Morgan fingerprint density at radius 1 is 1.03 bits per heavy atom. The first-order chi connectivity index (χ1) is 17.6. The summed E-state index contributed by atoms with van der Waals surface area (Å²) in [5.74, 6) is -0.293. The molecule has 0 atom stereocenters. The zero-order valence-electron chi connectivity index (χ0n) is 22.3. The number of nitrogens with one attached hydrogen (secondary N) is 1. The van der Waals surface area contributed by atoms with Crippen molar-refractivity contribution in [3.63, 3.8) is 0 Å². The second kappa shape index (κ2) is 10.2. The van der Waals surface area contributed by atoms with E-state index in [0.717, 1.165) is 11.9 Å². The molecule has 8 nitrogen and oxygen atoms in total. The van der Waals surface area contributed by atoms with Crippen LogP contribution < -0.4 is 15.6 Å². The molecule has 0 bridgehead atoms. The third kappa shape index (κ3) is 5.02. The number of aromatic nitrogens is 2. The topological polar surface area (TPSA) is 85.6 Å². The maximum absolute atomic E-state index is 13.9. The van der Waals surface area contributed by atoms with Gasteiger partial charge in [-0.15, -0.1) is 0 Å². The lowest BCUT2D eigenvalue weighted by molar-refractivity contribution is 0.0917. The summed E-state index contributed by atoms with van der Waals surface area (Å²) in [4.78, 5) is 42.5. The number of hydrogen-bond acceptors (Lipinski definition) is 5. The maximum Gasteiger partial charge on any atom is 0.271 e. The predicted octanol–water partition coefficient (Wildman–Crippen LogP) is 3.70. The lowest BCUT2D eigenvalue weighted by atomic mass is 9.93. The minimum atomic E-state index is -0.377. The maximum atomic E-state index is 13.9. The quantitative estimate of drug-likeness (QED) is 0.353. The number of amides is 1. The number of para-hydroxylation sites is 1. The van der Waals surface area contributed by atoms with Gasteiger partial charge in [0.2, 0.25) is 0 Å². The highest BCUT2D eigenvalue weighted by atomic mass is 16.5. The average Bonchev–Trinajstić information content (AvgIpc) is 3.17. The van der Waals surface area contributed by atoms with Gasteiger partial charge in [-0.3, -0.25) is 19.0 Å². The second-order valence-corrected chi connectivity index (χ2v) is 10.4. The summed E-state index contributed by atoms with van der Waals surface area (Å²) in [5, 5.41) is 4.06. The van der Waals surface area contributed by atoms with Gasteiger partial charge in [0, 0.05) is 31.1 Å². The molecule has 8 heteroatoms. The first-order valence-corrected chi connectivity index (χ1v) is 12.2. The molecule has 0 aliphatic rings. The molecule has 37 heavy (non-hydrogen) atoms. The summed E-state index contributed by atoms with van der Waals surface area (Å²) in [6, 6.07) is 16.3. The second-order valence-electron chi connectivity index (χ2n) is 10.4. The van der Waals surface area contributed by atoms with Gasteiger partial charge in [0.1, 0.15) is 5.39 Å². The van der Waals surface area contributed by atoms with E-state index in [9.17, 15) is 14.4 Å². The van der Waals surface area contributed by atoms with Crippen molar-refractivity contribution in [3.05, 3.63) is 76.2 Å². The summed E-state index contributed by atoms with van der Waals surface area (Å²) >= 11 is 0. The number of rotatable bonds is 9. The van der Waals surface area contributed by atoms with E-state index in [4.69, 9.17) is 4.74 Å². The molecule has 194 valence electrons. The Hall–Kier alpha value is -3.91. The largest absolute Gasteiger partial charge is 0.493 e. The molecule has 1 N–H and O–H groups in total. The first-order valence-electron chi connectivity index (χ1n) is 12.2. The van der Waals surface area contributed by atoms with Crippen molar-refractivity contribution in [2.75, 3.05) is 34.3 Å². The van der Waals surface area contributed by atoms with Crippen LogP contribution in [0.25, 0.3) is 21.8 Å². The fourth-order valence-electron chi connectivity index (χ4n) is 5.11. The lowest BCUT2D eigenvalue weighted by Crippen LogP contribution is -2.40. The molecule has 0 fully saturated rings. The standard InChI is InChI=1S/C29H34N4O4/c1-29(2,18-31(3)4)17-30-27(35)25-26(37-6)23-24(32(25)5)20-14-10-11-15-21(20)33(28(23)36)16-22(34)19-12-8-7-9-13-19/h7-15H,16-18H2,1-6H3,(H,30,35). The first kappa shape index (κ1) is 26.2. The number of methoxy groups -OCH3 is 1. The van der Waals surface area contributed by atoms with E-state index in [1.165, 1.54) is 11.7 Å². The summed E-state index contributed by atoms with van der Waals surface area (Å²) in [5.41, 5.74) is 1.47. The van der Waals surface area contributed by atoms with Crippen molar-refractivity contribution in [3.8, 4) is 5.75 Å². The Morgan fingerprint density at radius 3 is 2.32 bits per heavy atom. The Balaban J connectivity index is 1.86. The van der Waals surface area contributed by atoms with Gasteiger partial charge in [-0.1, -0.05) is 62.4 Å². The molecular formula is C29H34N4O4. The molecule has 0 aliphatic carbocycles. The summed E-state index contributed by atoms with van der Waals surface area (Å²) in [7, 11) is 7.20. The monoisotopic (exact) mass is 502 g/mol. The predicted molar refractivity (Wildman–Crippen MR) is 147 cm³/mol. The van der Waals surface area contributed by atoms with Crippen LogP contribution in [0.3, 0.4) is 0 Å². The molecule has 4 aromatic rings. The molecule has 1 amide bonds. The number of ketones is 1. The van der Waals surface area contributed by atoms with Crippen LogP contribution in [0.1, 0.15) is 34.7 Å². The molecule has 0 aliphatic heterocycles. The highest BCUT2D eigenvalue weighted by Crippen LogP contribution is 2.34. The van der Waals surface area contributed by atoms with Gasteiger partial charge in [0.05, 0.1) is 24.7 Å². The smallest absolute Gasteiger partial charge is 0.271 e. The van der Waals surface area contributed by atoms with Crippen LogP contribution in [0.2, 0.25) is 0 Å². The Labute approximate surface area is 216 Å². The number of carbonyl (C=O) groups is 2. The SMILES string of the molecule is COc1c(C(=O)NCC(C)(C)CN(C)C)n(C)c2c1c(=O)n(CC(=O)c1ccccc1)c1ccccc21. The van der Waals surface area contributed by atoms with Crippen LogP contribution in [-0.4, -0.2) is 60.0 Å². The van der Waals surface area contributed by atoms with Gasteiger partial charge in [0.25, 0.3) is 11.5 Å². The third-order valence-corrected chi connectivity index (χ3v) is 6.55. The van der Waals surface area contributed by atoms with E-state index in [-0.39, 0.29) is 46.0 Å². The van der Waals surface area contributed by atoms with Crippen molar-refractivity contribution in [2.45, 2.75) is 20.4 Å². The van der Waals surface area contributed by atoms with E-state index in [2.05, 4.69) is 24.1 Å². The third-order valence-electron chi connectivity index (χ3n) is 6.55. The summed E-state index contributed by atoms with van der Waals surface area (Å²) in [6.45, 7) is 5.29. The number of nitrogens with zero attached hydrogens (tertiary/aromatic N) is 3. The van der Waals surface area contributed by atoms with Crippen LogP contribution in [0, 0.1) is 5.41 Å². The highest BCUT2D eigenvalue weighted by molar-refractivity contribution is 6.12. The molecule has 0 radical (unpaired) electrons. The van der Waals surface area contributed by atoms with Gasteiger partial charge in [0.15, 0.2) is 17.2 Å². The number of pyridine rings is 1. The van der Waals surface area contributed by atoms with Gasteiger partial charge >= 0.3 is 0 Å². The van der Waals surface area contributed by atoms with Crippen molar-refractivity contribution in [2.24, 2.45) is 12.5 Å². The Morgan fingerprint density at radius 2 is 1.68 bits per heavy atom. The van der Waals surface area contributed by atoms with Crippen LogP contribution in [0.5, 0.6) is 5.75 Å². The normalized spacial score (nSPS) is 11.9. The van der Waals surface area contributed by atoms with E-state index < -0.39 is 0 Å². The van der Waals surface area contributed by atoms with Gasteiger partial charge in [-0.25, -0.2) is 0 Å². The van der Waals surface area contributed by atoms with E-state index >= 15 is 0 Å². The Kier molecular flexibility index (Phi) is 7.23. The molecule has 4 rings (SSSR count). The molecule has 0 unspecified atom stereocenters. The van der Waals surface area contributed by atoms with E-state index in [1.807, 2.05) is 44.4 Å². The Bertz CT molecular complexity index is 1530. The fourth-order valence-corrected chi connectivity index (χ4v) is 5.11. The van der Waals surface area contributed by atoms with Crippen LogP contribution in [0.15, 0.2) is 59.4 Å². The number of carbonyl (C=O) groups excluding carboxylic acids is 2. The molecule has 2 aromatic heterocycles. The minimum absolute atomic E-state index is 0.127. The number of hydrogen-bond donors (Lipinski definition) is 1. The highest BCUT2D eigenvalue weighted by Gasteiger charge is 2.29. The van der Waals surface area contributed by atoms with Crippen LogP contribution in [-0.2, 0) is 13.6 Å². The summed E-state index contributed by atoms with van der Waals surface area (Å²) < 4.78 is 8.87. The number of benzene rings is 2. The zero-order valence-corrected chi connectivity index (χ0v) is 22.3. The molecule has 2 heterocycles. The van der Waals surface area contributed by atoms with E-state index in [0.29, 0.717) is 23.1 Å².